The molecule has 144 valence electrons. The zero-order valence-electron chi connectivity index (χ0n) is 14.7. The Hall–Kier alpha value is -3.07. The van der Waals surface area contributed by atoms with Gasteiger partial charge in [0.05, 0.1) is 29.9 Å². The molecule has 0 fully saturated rings. The predicted octanol–water partition coefficient (Wildman–Crippen LogP) is 3.84. The maximum Gasteiger partial charge on any atom is 0.306 e. The van der Waals surface area contributed by atoms with Gasteiger partial charge in [-0.25, -0.2) is 0 Å². The molecule has 0 radical (unpaired) electrons. The fourth-order valence-corrected chi connectivity index (χ4v) is 2.49. The Bertz CT molecular complexity index is 878. The Morgan fingerprint density at radius 3 is 2.48 bits per heavy atom. The van der Waals surface area contributed by atoms with Gasteiger partial charge >= 0.3 is 5.69 Å². The third-order valence-electron chi connectivity index (χ3n) is 3.65. The molecule has 0 aromatic heterocycles. The minimum absolute atomic E-state index is 0.0986. The van der Waals surface area contributed by atoms with Crippen molar-refractivity contribution in [2.75, 3.05) is 24.9 Å². The summed E-state index contributed by atoms with van der Waals surface area (Å²) in [4.78, 5) is 22.3. The first-order valence-electron chi connectivity index (χ1n) is 7.69. The van der Waals surface area contributed by atoms with Crippen molar-refractivity contribution in [2.24, 2.45) is 0 Å². The van der Waals surface area contributed by atoms with Gasteiger partial charge in [-0.15, -0.1) is 0 Å². The molecule has 0 bridgehead atoms. The first-order chi connectivity index (χ1) is 12.8. The van der Waals surface area contributed by atoms with E-state index in [2.05, 4.69) is 10.6 Å². The van der Waals surface area contributed by atoms with Crippen LogP contribution in [0.4, 0.5) is 21.5 Å². The lowest BCUT2D eigenvalue weighted by Crippen LogP contribution is -2.32. The maximum atomic E-state index is 13.4. The third kappa shape index (κ3) is 4.76. The van der Waals surface area contributed by atoms with Gasteiger partial charge in [0.15, 0.2) is 0 Å². The number of ether oxygens (including phenoxy) is 2. The van der Waals surface area contributed by atoms with Crippen LogP contribution in [0.25, 0.3) is 0 Å². The summed E-state index contributed by atoms with van der Waals surface area (Å²) in [6, 6.07) is 5.46. The van der Waals surface area contributed by atoms with Gasteiger partial charge in [0.25, 0.3) is 0 Å². The first kappa shape index (κ1) is 20.2. The normalized spacial score (nSPS) is 11.4. The topological polar surface area (TPSA) is 103 Å². The second kappa shape index (κ2) is 8.54. The molecule has 0 saturated carbocycles. The van der Waals surface area contributed by atoms with E-state index in [1.165, 1.54) is 20.3 Å². The van der Waals surface area contributed by atoms with Crippen LogP contribution in [-0.4, -0.2) is 31.1 Å². The van der Waals surface area contributed by atoms with Gasteiger partial charge < -0.3 is 20.1 Å². The van der Waals surface area contributed by atoms with Crippen molar-refractivity contribution >= 4 is 34.6 Å². The molecule has 10 heteroatoms. The van der Waals surface area contributed by atoms with Crippen LogP contribution in [0.15, 0.2) is 30.3 Å². The molecule has 8 nitrogen and oxygen atoms in total. The molecule has 27 heavy (non-hydrogen) atoms. The number of nitro benzene ring substituents is 1. The smallest absolute Gasteiger partial charge is 0.306 e. The lowest BCUT2D eigenvalue weighted by Gasteiger charge is -2.18. The molecule has 0 aliphatic carbocycles. The number of benzene rings is 2. The zero-order chi connectivity index (χ0) is 20.1. The van der Waals surface area contributed by atoms with Crippen LogP contribution >= 0.6 is 11.6 Å². The van der Waals surface area contributed by atoms with Crippen molar-refractivity contribution < 1.29 is 23.6 Å². The van der Waals surface area contributed by atoms with Crippen LogP contribution in [0.5, 0.6) is 11.5 Å². The summed E-state index contributed by atoms with van der Waals surface area (Å²) < 4.78 is 23.7. The molecule has 2 N–H and O–H groups in total. The summed E-state index contributed by atoms with van der Waals surface area (Å²) in [7, 11) is 2.92. The molecule has 0 heterocycles. The molecule has 2 aromatic carbocycles. The van der Waals surface area contributed by atoms with Gasteiger partial charge in [-0.05, 0) is 25.1 Å². The number of rotatable bonds is 7. The van der Waals surface area contributed by atoms with E-state index in [4.69, 9.17) is 21.1 Å². The first-order valence-corrected chi connectivity index (χ1v) is 8.07. The van der Waals surface area contributed by atoms with Gasteiger partial charge in [-0.2, -0.15) is 4.39 Å². The van der Waals surface area contributed by atoms with Crippen molar-refractivity contribution in [3.05, 3.63) is 51.3 Å². The summed E-state index contributed by atoms with van der Waals surface area (Å²) in [6.07, 6.45) is 0. The van der Waals surface area contributed by atoms with E-state index < -0.39 is 28.4 Å². The molecular formula is C17H17ClFN3O5. The SMILES string of the molecule is COc1cc(OC)c(N[C@@H](C)C(=O)Nc2ccc(F)c([N+](=O)[O-])c2)cc1Cl. The molecule has 1 amide bonds. The summed E-state index contributed by atoms with van der Waals surface area (Å²) in [5.74, 6) is -0.658. The van der Waals surface area contributed by atoms with Crippen molar-refractivity contribution in [3.63, 3.8) is 0 Å². The molecule has 0 aliphatic rings. The minimum atomic E-state index is -0.984. The number of nitrogens with one attached hydrogen (secondary N) is 2. The van der Waals surface area contributed by atoms with E-state index >= 15 is 0 Å². The quantitative estimate of drug-likeness (QED) is 0.543. The monoisotopic (exact) mass is 397 g/mol. The van der Waals surface area contributed by atoms with E-state index in [1.54, 1.807) is 19.1 Å². The molecular weight excluding hydrogens is 381 g/mol. The Morgan fingerprint density at radius 1 is 1.22 bits per heavy atom. The zero-order valence-corrected chi connectivity index (χ0v) is 15.5. The number of anilines is 2. The second-order valence-electron chi connectivity index (χ2n) is 5.47. The van der Waals surface area contributed by atoms with E-state index in [0.717, 1.165) is 12.1 Å². The van der Waals surface area contributed by atoms with Gasteiger partial charge in [-0.1, -0.05) is 11.6 Å². The Morgan fingerprint density at radius 2 is 1.89 bits per heavy atom. The molecule has 1 atom stereocenters. The largest absolute Gasteiger partial charge is 0.495 e. The van der Waals surface area contributed by atoms with Crippen molar-refractivity contribution in [3.8, 4) is 11.5 Å². The number of carbonyl (C=O) groups excluding carboxylic acids is 1. The highest BCUT2D eigenvalue weighted by Gasteiger charge is 2.19. The van der Waals surface area contributed by atoms with Crippen LogP contribution < -0.4 is 20.1 Å². The summed E-state index contributed by atoms with van der Waals surface area (Å²) in [5, 5.41) is 16.5. The Balaban J connectivity index is 2.16. The summed E-state index contributed by atoms with van der Waals surface area (Å²) in [5.41, 5.74) is -0.172. The van der Waals surface area contributed by atoms with Crippen molar-refractivity contribution in [2.45, 2.75) is 13.0 Å². The lowest BCUT2D eigenvalue weighted by molar-refractivity contribution is -0.387. The van der Waals surface area contributed by atoms with Crippen LogP contribution in [0, 0.1) is 15.9 Å². The van der Waals surface area contributed by atoms with Crippen LogP contribution in [0.2, 0.25) is 5.02 Å². The maximum absolute atomic E-state index is 13.4. The van der Waals surface area contributed by atoms with E-state index in [-0.39, 0.29) is 5.69 Å². The summed E-state index contributed by atoms with van der Waals surface area (Å²) >= 11 is 6.09. The average Bonchev–Trinajstić information content (AvgIpc) is 2.63. The Labute approximate surface area is 159 Å². The number of nitro groups is 1. The molecule has 0 aliphatic heterocycles. The number of nitrogens with zero attached hydrogens (tertiary/aromatic N) is 1. The fourth-order valence-electron chi connectivity index (χ4n) is 2.25. The fraction of sp³-hybridized carbons (Fsp3) is 0.235. The number of hydrogen-bond donors (Lipinski definition) is 2. The number of amides is 1. The lowest BCUT2D eigenvalue weighted by atomic mass is 10.2. The molecule has 2 aromatic rings. The molecule has 0 unspecified atom stereocenters. The van der Waals surface area contributed by atoms with Crippen LogP contribution in [-0.2, 0) is 4.79 Å². The summed E-state index contributed by atoms with van der Waals surface area (Å²) in [6.45, 7) is 1.57. The van der Waals surface area contributed by atoms with Gasteiger partial charge in [-0.3, -0.25) is 14.9 Å². The van der Waals surface area contributed by atoms with Crippen LogP contribution in [0.1, 0.15) is 6.92 Å². The van der Waals surface area contributed by atoms with Gasteiger partial charge in [0.1, 0.15) is 17.5 Å². The standard InChI is InChI=1S/C17H17ClFN3O5/c1-9(20-13-7-11(18)15(26-2)8-16(13)27-3)17(23)21-10-4-5-12(19)14(6-10)22(24)25/h4-9,20H,1-3H3,(H,21,23)/t9-/m0/s1. The highest BCUT2D eigenvalue weighted by molar-refractivity contribution is 6.32. The minimum Gasteiger partial charge on any atom is -0.495 e. The average molecular weight is 398 g/mol. The Kier molecular flexibility index (Phi) is 6.40. The van der Waals surface area contributed by atoms with Crippen molar-refractivity contribution in [1.82, 2.24) is 0 Å². The van der Waals surface area contributed by atoms with Gasteiger partial charge in [0, 0.05) is 17.8 Å². The number of halogens is 2. The molecule has 0 saturated heterocycles. The van der Waals surface area contributed by atoms with Gasteiger partial charge in [0.2, 0.25) is 11.7 Å². The van der Waals surface area contributed by atoms with E-state index in [9.17, 15) is 19.3 Å². The second-order valence-corrected chi connectivity index (χ2v) is 5.87. The molecule has 0 spiro atoms. The number of hydrogen-bond acceptors (Lipinski definition) is 6. The van der Waals surface area contributed by atoms with E-state index in [0.29, 0.717) is 22.2 Å². The van der Waals surface area contributed by atoms with Crippen molar-refractivity contribution in [1.29, 1.82) is 0 Å². The molecule has 2 rings (SSSR count). The van der Waals surface area contributed by atoms with Crippen LogP contribution in [0.3, 0.4) is 0 Å². The number of methoxy groups -OCH3 is 2. The van der Waals surface area contributed by atoms with E-state index in [1.807, 2.05) is 0 Å². The highest BCUT2D eigenvalue weighted by Crippen LogP contribution is 2.36. The third-order valence-corrected chi connectivity index (χ3v) is 3.94. The highest BCUT2D eigenvalue weighted by atomic mass is 35.5. The predicted molar refractivity (Wildman–Crippen MR) is 99.3 cm³/mol. The number of carbonyl (C=O) groups is 1.